The maximum absolute atomic E-state index is 11.2. The first-order valence-corrected chi connectivity index (χ1v) is 5.18. The number of carboxylic acid groups (broad SMARTS) is 1. The molecule has 0 radical (unpaired) electrons. The van der Waals surface area contributed by atoms with Gasteiger partial charge in [-0.3, -0.25) is 4.79 Å². The third kappa shape index (κ3) is 2.02. The van der Waals surface area contributed by atoms with Crippen LogP contribution in [0.25, 0.3) is 0 Å². The van der Waals surface area contributed by atoms with E-state index in [1.165, 1.54) is 0 Å². The Balaban J connectivity index is 2.23. The van der Waals surface area contributed by atoms with Gasteiger partial charge in [-0.25, -0.2) is 0 Å². The molecule has 1 aromatic rings. The topological polar surface area (TPSA) is 49.3 Å². The Bertz CT molecular complexity index is 354. The van der Waals surface area contributed by atoms with Gasteiger partial charge in [-0.05, 0) is 12.5 Å². The zero-order chi connectivity index (χ0) is 10.8. The summed E-state index contributed by atoms with van der Waals surface area (Å²) in [5.74, 6) is -0.831. The molecule has 3 heteroatoms. The molecular weight excluding hydrogens is 190 g/mol. The summed E-state index contributed by atoms with van der Waals surface area (Å²) < 4.78 is 0. The first-order valence-electron chi connectivity index (χ1n) is 5.18. The van der Waals surface area contributed by atoms with E-state index >= 15 is 0 Å². The van der Waals surface area contributed by atoms with Crippen LogP contribution in [0.5, 0.6) is 0 Å². The summed E-state index contributed by atoms with van der Waals surface area (Å²) in [7, 11) is 0. The summed E-state index contributed by atoms with van der Waals surface area (Å²) in [4.78, 5) is 11.2. The number of nitrogens with one attached hydrogen (secondary N) is 1. The van der Waals surface area contributed by atoms with Crippen molar-refractivity contribution in [2.24, 2.45) is 5.92 Å². The van der Waals surface area contributed by atoms with Crippen LogP contribution in [0.2, 0.25) is 0 Å². The largest absolute Gasteiger partial charge is 0.481 e. The van der Waals surface area contributed by atoms with E-state index in [9.17, 15) is 9.90 Å². The van der Waals surface area contributed by atoms with Gasteiger partial charge >= 0.3 is 5.97 Å². The Labute approximate surface area is 89.1 Å². The minimum absolute atomic E-state index is 0.241. The van der Waals surface area contributed by atoms with Crippen LogP contribution in [0.3, 0.4) is 0 Å². The first kappa shape index (κ1) is 10.2. The highest BCUT2D eigenvalue weighted by molar-refractivity contribution is 5.76. The Morgan fingerprint density at radius 3 is 2.40 bits per heavy atom. The number of hydrogen-bond acceptors (Lipinski definition) is 2. The SMILES string of the molecule is Cc1ccc(C(C(=O)O)C2CNC2)cc1. The number of rotatable bonds is 3. The predicted octanol–water partition coefficient (Wildman–Crippen LogP) is 1.38. The second-order valence-corrected chi connectivity index (χ2v) is 4.14. The molecule has 1 atom stereocenters. The molecule has 15 heavy (non-hydrogen) atoms. The van der Waals surface area contributed by atoms with Crippen LogP contribution < -0.4 is 5.32 Å². The zero-order valence-corrected chi connectivity index (χ0v) is 8.73. The van der Waals surface area contributed by atoms with E-state index in [1.54, 1.807) is 0 Å². The van der Waals surface area contributed by atoms with E-state index in [-0.39, 0.29) is 11.8 Å². The zero-order valence-electron chi connectivity index (χ0n) is 8.73. The van der Waals surface area contributed by atoms with Crippen LogP contribution >= 0.6 is 0 Å². The summed E-state index contributed by atoms with van der Waals surface area (Å²) in [6.45, 7) is 3.63. The van der Waals surface area contributed by atoms with Crippen molar-refractivity contribution in [3.8, 4) is 0 Å². The summed E-state index contributed by atoms with van der Waals surface area (Å²) in [6.07, 6.45) is 0. The molecule has 1 aliphatic rings. The Morgan fingerprint density at radius 1 is 1.40 bits per heavy atom. The smallest absolute Gasteiger partial charge is 0.311 e. The van der Waals surface area contributed by atoms with Crippen molar-refractivity contribution in [1.29, 1.82) is 0 Å². The van der Waals surface area contributed by atoms with Crippen LogP contribution in [0, 0.1) is 12.8 Å². The van der Waals surface area contributed by atoms with Gasteiger partial charge in [-0.15, -0.1) is 0 Å². The van der Waals surface area contributed by atoms with Crippen molar-refractivity contribution in [3.63, 3.8) is 0 Å². The van der Waals surface area contributed by atoms with Gasteiger partial charge in [0.1, 0.15) is 0 Å². The molecule has 1 saturated heterocycles. The van der Waals surface area contributed by atoms with Crippen LogP contribution in [0.15, 0.2) is 24.3 Å². The monoisotopic (exact) mass is 205 g/mol. The van der Waals surface area contributed by atoms with Gasteiger partial charge in [0.05, 0.1) is 5.92 Å². The quantitative estimate of drug-likeness (QED) is 0.783. The maximum atomic E-state index is 11.2. The highest BCUT2D eigenvalue weighted by Crippen LogP contribution is 2.28. The number of hydrogen-bond donors (Lipinski definition) is 2. The molecule has 1 aromatic carbocycles. The lowest BCUT2D eigenvalue weighted by Crippen LogP contribution is -2.47. The van der Waals surface area contributed by atoms with Gasteiger partial charge in [0.2, 0.25) is 0 Å². The molecule has 0 spiro atoms. The molecule has 80 valence electrons. The van der Waals surface area contributed by atoms with Gasteiger partial charge < -0.3 is 10.4 Å². The van der Waals surface area contributed by atoms with Crippen LogP contribution in [-0.4, -0.2) is 24.2 Å². The number of carboxylic acids is 1. The summed E-state index contributed by atoms with van der Waals surface area (Å²) in [6, 6.07) is 7.79. The molecule has 0 amide bonds. The molecule has 0 aromatic heterocycles. The number of benzene rings is 1. The lowest BCUT2D eigenvalue weighted by Gasteiger charge is -2.32. The third-order valence-corrected chi connectivity index (χ3v) is 2.99. The second-order valence-electron chi connectivity index (χ2n) is 4.14. The normalized spacial score (nSPS) is 18.2. The molecule has 1 fully saturated rings. The van der Waals surface area contributed by atoms with Crippen molar-refractivity contribution in [3.05, 3.63) is 35.4 Å². The Kier molecular flexibility index (Phi) is 2.73. The summed E-state index contributed by atoms with van der Waals surface area (Å²) in [5.41, 5.74) is 2.08. The lowest BCUT2D eigenvalue weighted by molar-refractivity contribution is -0.140. The van der Waals surface area contributed by atoms with Crippen molar-refractivity contribution >= 4 is 5.97 Å². The van der Waals surface area contributed by atoms with Gasteiger partial charge in [-0.1, -0.05) is 29.8 Å². The standard InChI is InChI=1S/C12H15NO2/c1-8-2-4-9(5-3-8)11(12(14)15)10-6-13-7-10/h2-5,10-11,13H,6-7H2,1H3,(H,14,15). The third-order valence-electron chi connectivity index (χ3n) is 2.99. The van der Waals surface area contributed by atoms with Crippen LogP contribution in [0.1, 0.15) is 17.0 Å². The fourth-order valence-corrected chi connectivity index (χ4v) is 1.94. The molecule has 1 unspecified atom stereocenters. The Hall–Kier alpha value is -1.35. The van der Waals surface area contributed by atoms with Crippen LogP contribution in [0.4, 0.5) is 0 Å². The van der Waals surface area contributed by atoms with E-state index in [0.717, 1.165) is 24.2 Å². The number of aryl methyl sites for hydroxylation is 1. The molecule has 1 aliphatic heterocycles. The fourth-order valence-electron chi connectivity index (χ4n) is 1.94. The summed E-state index contributed by atoms with van der Waals surface area (Å²) in [5, 5.41) is 12.3. The average Bonchev–Trinajstić information content (AvgIpc) is 2.12. The van der Waals surface area contributed by atoms with Crippen molar-refractivity contribution in [2.45, 2.75) is 12.8 Å². The molecular formula is C12H15NO2. The highest BCUT2D eigenvalue weighted by Gasteiger charge is 2.33. The maximum Gasteiger partial charge on any atom is 0.311 e. The van der Waals surface area contributed by atoms with E-state index in [4.69, 9.17) is 0 Å². The molecule has 0 bridgehead atoms. The number of aliphatic carboxylic acids is 1. The minimum atomic E-state index is -0.717. The first-order chi connectivity index (χ1) is 7.18. The molecule has 3 nitrogen and oxygen atoms in total. The molecule has 2 N–H and O–H groups in total. The molecule has 0 aliphatic carbocycles. The average molecular weight is 205 g/mol. The second kappa shape index (κ2) is 4.03. The van der Waals surface area contributed by atoms with Crippen LogP contribution in [-0.2, 0) is 4.79 Å². The highest BCUT2D eigenvalue weighted by atomic mass is 16.4. The van der Waals surface area contributed by atoms with E-state index in [1.807, 2.05) is 31.2 Å². The van der Waals surface area contributed by atoms with Gasteiger partial charge in [0.15, 0.2) is 0 Å². The van der Waals surface area contributed by atoms with E-state index < -0.39 is 5.97 Å². The number of carbonyl (C=O) groups is 1. The predicted molar refractivity (Wildman–Crippen MR) is 57.9 cm³/mol. The van der Waals surface area contributed by atoms with E-state index in [2.05, 4.69) is 5.32 Å². The van der Waals surface area contributed by atoms with E-state index in [0.29, 0.717) is 0 Å². The van der Waals surface area contributed by atoms with Gasteiger partial charge in [-0.2, -0.15) is 0 Å². The molecule has 2 rings (SSSR count). The van der Waals surface area contributed by atoms with Crippen molar-refractivity contribution in [1.82, 2.24) is 5.32 Å². The Morgan fingerprint density at radius 2 is 2.00 bits per heavy atom. The van der Waals surface area contributed by atoms with Gasteiger partial charge in [0.25, 0.3) is 0 Å². The lowest BCUT2D eigenvalue weighted by atomic mass is 9.82. The van der Waals surface area contributed by atoms with Crippen molar-refractivity contribution in [2.75, 3.05) is 13.1 Å². The fraction of sp³-hybridized carbons (Fsp3) is 0.417. The summed E-state index contributed by atoms with van der Waals surface area (Å²) >= 11 is 0. The molecule has 1 heterocycles. The van der Waals surface area contributed by atoms with Crippen molar-refractivity contribution < 1.29 is 9.90 Å². The van der Waals surface area contributed by atoms with Gasteiger partial charge in [0, 0.05) is 19.0 Å². The minimum Gasteiger partial charge on any atom is -0.481 e. The molecule has 0 saturated carbocycles.